The van der Waals surface area contributed by atoms with Gasteiger partial charge in [0.25, 0.3) is 5.91 Å². The Hall–Kier alpha value is -1.81. The molecule has 1 aliphatic heterocycles. The summed E-state index contributed by atoms with van der Waals surface area (Å²) in [5.74, 6) is 0.449. The highest BCUT2D eigenvalue weighted by atomic mass is 16.5. The van der Waals surface area contributed by atoms with E-state index in [1.54, 1.807) is 0 Å². The summed E-state index contributed by atoms with van der Waals surface area (Å²) in [6.45, 7) is 5.60. The van der Waals surface area contributed by atoms with E-state index >= 15 is 0 Å². The Morgan fingerprint density at radius 2 is 2.04 bits per heavy atom. The van der Waals surface area contributed by atoms with E-state index in [1.807, 2.05) is 24.9 Å². The number of hydrogen-bond acceptors (Lipinski definition) is 3. The first-order valence-electron chi connectivity index (χ1n) is 8.48. The van der Waals surface area contributed by atoms with E-state index in [9.17, 15) is 4.79 Å². The van der Waals surface area contributed by atoms with Crippen molar-refractivity contribution in [3.63, 3.8) is 0 Å². The van der Waals surface area contributed by atoms with Crippen LogP contribution in [0.3, 0.4) is 0 Å². The molecule has 1 aliphatic rings. The quantitative estimate of drug-likeness (QED) is 0.858. The molecule has 1 amide bonds. The molecule has 0 saturated carbocycles. The molecule has 23 heavy (non-hydrogen) atoms. The number of ether oxygens (including phenoxy) is 1. The van der Waals surface area contributed by atoms with Gasteiger partial charge in [-0.25, -0.2) is 0 Å². The molecule has 1 aromatic heterocycles. The lowest BCUT2D eigenvalue weighted by molar-refractivity contribution is 0.0345. The van der Waals surface area contributed by atoms with E-state index in [2.05, 4.69) is 19.1 Å². The molecule has 1 saturated heterocycles. The van der Waals surface area contributed by atoms with Gasteiger partial charge in [0.1, 0.15) is 5.58 Å². The minimum Gasteiger partial charge on any atom is -0.451 e. The molecule has 1 fully saturated rings. The van der Waals surface area contributed by atoms with Crippen LogP contribution in [0.4, 0.5) is 0 Å². The summed E-state index contributed by atoms with van der Waals surface area (Å²) < 4.78 is 11.3. The van der Waals surface area contributed by atoms with Gasteiger partial charge in [0.15, 0.2) is 5.76 Å². The van der Waals surface area contributed by atoms with Crippen LogP contribution in [0.5, 0.6) is 0 Å². The van der Waals surface area contributed by atoms with Gasteiger partial charge in [0.05, 0.1) is 0 Å². The summed E-state index contributed by atoms with van der Waals surface area (Å²) in [5.41, 5.74) is 3.04. The second kappa shape index (κ2) is 6.75. The van der Waals surface area contributed by atoms with E-state index < -0.39 is 0 Å². The third kappa shape index (κ3) is 3.13. The highest BCUT2D eigenvalue weighted by Gasteiger charge is 2.27. The Bertz CT molecular complexity index is 698. The standard InChI is InChI=1S/C19H25NO3/c1-4-5-14-6-7-17-16(12-14)13(2)18(23-17)19(21)20(3)15-8-10-22-11-9-15/h6-7,12,15H,4-5,8-11H2,1-3H3. The van der Waals surface area contributed by atoms with Gasteiger partial charge in [-0.1, -0.05) is 19.4 Å². The van der Waals surface area contributed by atoms with E-state index in [0.717, 1.165) is 55.4 Å². The van der Waals surface area contributed by atoms with Gasteiger partial charge in [-0.2, -0.15) is 0 Å². The smallest absolute Gasteiger partial charge is 0.289 e. The maximum absolute atomic E-state index is 12.8. The van der Waals surface area contributed by atoms with Crippen LogP contribution in [0.2, 0.25) is 0 Å². The van der Waals surface area contributed by atoms with Crippen molar-refractivity contribution in [2.24, 2.45) is 0 Å². The Morgan fingerprint density at radius 3 is 2.74 bits per heavy atom. The Labute approximate surface area is 137 Å². The van der Waals surface area contributed by atoms with Crippen LogP contribution in [0.25, 0.3) is 11.0 Å². The third-order valence-electron chi connectivity index (χ3n) is 4.79. The van der Waals surface area contributed by atoms with Gasteiger partial charge in [0.2, 0.25) is 0 Å². The van der Waals surface area contributed by atoms with Crippen molar-refractivity contribution in [3.05, 3.63) is 35.1 Å². The number of rotatable bonds is 4. The first kappa shape index (κ1) is 16.1. The molecule has 0 bridgehead atoms. The van der Waals surface area contributed by atoms with Crippen molar-refractivity contribution in [2.75, 3.05) is 20.3 Å². The summed E-state index contributed by atoms with van der Waals surface area (Å²) in [6, 6.07) is 6.46. The number of carbonyl (C=O) groups is 1. The summed E-state index contributed by atoms with van der Waals surface area (Å²) in [4.78, 5) is 14.7. The predicted molar refractivity (Wildman–Crippen MR) is 90.9 cm³/mol. The van der Waals surface area contributed by atoms with Crippen LogP contribution in [0.15, 0.2) is 22.6 Å². The SMILES string of the molecule is CCCc1ccc2oc(C(=O)N(C)C3CCOCC3)c(C)c2c1. The average molecular weight is 315 g/mol. The fourth-order valence-electron chi connectivity index (χ4n) is 3.31. The Kier molecular flexibility index (Phi) is 4.71. The molecule has 1 aromatic carbocycles. The minimum absolute atomic E-state index is 0.0253. The molecule has 4 nitrogen and oxygen atoms in total. The zero-order valence-corrected chi connectivity index (χ0v) is 14.2. The summed E-state index contributed by atoms with van der Waals surface area (Å²) in [7, 11) is 1.87. The highest BCUT2D eigenvalue weighted by Crippen LogP contribution is 2.28. The second-order valence-electron chi connectivity index (χ2n) is 6.40. The van der Waals surface area contributed by atoms with Crippen molar-refractivity contribution >= 4 is 16.9 Å². The predicted octanol–water partition coefficient (Wildman–Crippen LogP) is 3.94. The van der Waals surface area contributed by atoms with E-state index in [0.29, 0.717) is 5.76 Å². The zero-order valence-electron chi connectivity index (χ0n) is 14.2. The summed E-state index contributed by atoms with van der Waals surface area (Å²) in [6.07, 6.45) is 3.94. The number of nitrogens with zero attached hydrogens (tertiary/aromatic N) is 1. The van der Waals surface area contributed by atoms with Crippen molar-refractivity contribution in [2.45, 2.75) is 45.6 Å². The van der Waals surface area contributed by atoms with E-state index in [-0.39, 0.29) is 11.9 Å². The van der Waals surface area contributed by atoms with Gasteiger partial charge in [-0.05, 0) is 43.9 Å². The van der Waals surface area contributed by atoms with Crippen molar-refractivity contribution in [1.29, 1.82) is 0 Å². The van der Waals surface area contributed by atoms with Gasteiger partial charge < -0.3 is 14.1 Å². The topological polar surface area (TPSA) is 42.7 Å². The van der Waals surface area contributed by atoms with Crippen molar-refractivity contribution < 1.29 is 13.9 Å². The fraction of sp³-hybridized carbons (Fsp3) is 0.526. The number of carbonyl (C=O) groups excluding carboxylic acids is 1. The first-order chi connectivity index (χ1) is 11.1. The van der Waals surface area contributed by atoms with Crippen LogP contribution >= 0.6 is 0 Å². The molecule has 0 N–H and O–H groups in total. The molecular formula is C19H25NO3. The normalized spacial score (nSPS) is 16.0. The molecule has 0 atom stereocenters. The lowest BCUT2D eigenvalue weighted by atomic mass is 10.0. The maximum atomic E-state index is 12.8. The zero-order chi connectivity index (χ0) is 16.4. The van der Waals surface area contributed by atoms with Crippen LogP contribution in [0.1, 0.15) is 47.9 Å². The first-order valence-corrected chi connectivity index (χ1v) is 8.48. The molecule has 0 aliphatic carbocycles. The molecule has 2 heterocycles. The van der Waals surface area contributed by atoms with Gasteiger partial charge >= 0.3 is 0 Å². The highest BCUT2D eigenvalue weighted by molar-refractivity contribution is 5.99. The van der Waals surface area contributed by atoms with Gasteiger partial charge in [0, 0.05) is 37.3 Å². The molecule has 0 spiro atoms. The van der Waals surface area contributed by atoms with E-state index in [1.165, 1.54) is 5.56 Å². The third-order valence-corrected chi connectivity index (χ3v) is 4.79. The van der Waals surface area contributed by atoms with Crippen LogP contribution in [-0.2, 0) is 11.2 Å². The molecule has 0 radical (unpaired) electrons. The number of amides is 1. The van der Waals surface area contributed by atoms with Crippen LogP contribution in [-0.4, -0.2) is 37.1 Å². The maximum Gasteiger partial charge on any atom is 0.289 e. The Morgan fingerprint density at radius 1 is 1.30 bits per heavy atom. The minimum atomic E-state index is -0.0253. The average Bonchev–Trinajstić information content (AvgIpc) is 2.91. The summed E-state index contributed by atoms with van der Waals surface area (Å²) >= 11 is 0. The molecule has 124 valence electrons. The summed E-state index contributed by atoms with van der Waals surface area (Å²) in [5, 5.41) is 1.06. The van der Waals surface area contributed by atoms with Gasteiger partial charge in [-0.3, -0.25) is 4.79 Å². The van der Waals surface area contributed by atoms with Crippen LogP contribution in [0, 0.1) is 6.92 Å². The lowest BCUT2D eigenvalue weighted by Crippen LogP contribution is -2.40. The van der Waals surface area contributed by atoms with Crippen LogP contribution < -0.4 is 0 Å². The number of aryl methyl sites for hydroxylation is 2. The number of hydrogen-bond donors (Lipinski definition) is 0. The van der Waals surface area contributed by atoms with Crippen molar-refractivity contribution in [3.8, 4) is 0 Å². The molecular weight excluding hydrogens is 290 g/mol. The molecule has 3 rings (SSSR count). The fourth-order valence-corrected chi connectivity index (χ4v) is 3.31. The molecule has 0 unspecified atom stereocenters. The lowest BCUT2D eigenvalue weighted by Gasteiger charge is -2.30. The monoisotopic (exact) mass is 315 g/mol. The van der Waals surface area contributed by atoms with E-state index in [4.69, 9.17) is 9.15 Å². The van der Waals surface area contributed by atoms with Crippen molar-refractivity contribution in [1.82, 2.24) is 4.90 Å². The number of furan rings is 1. The molecule has 2 aromatic rings. The number of fused-ring (bicyclic) bond motifs is 1. The second-order valence-corrected chi connectivity index (χ2v) is 6.40. The Balaban J connectivity index is 1.89. The number of benzene rings is 1. The largest absolute Gasteiger partial charge is 0.451 e. The van der Waals surface area contributed by atoms with Gasteiger partial charge in [-0.15, -0.1) is 0 Å². The molecule has 4 heteroatoms.